The Kier molecular flexibility index (Phi) is 5.79. The van der Waals surface area contributed by atoms with Crippen molar-refractivity contribution in [3.8, 4) is 17.7 Å². The predicted octanol–water partition coefficient (Wildman–Crippen LogP) is 2.79. The van der Waals surface area contributed by atoms with Gasteiger partial charge in [-0.2, -0.15) is 14.6 Å². The Morgan fingerprint density at radius 1 is 0.968 bits per heavy atom. The molecule has 3 aromatic rings. The average molecular weight is 439 g/mol. The summed E-state index contributed by atoms with van der Waals surface area (Å²) >= 11 is 0. The summed E-state index contributed by atoms with van der Waals surface area (Å²) < 4.78 is 45.8. The van der Waals surface area contributed by atoms with E-state index in [9.17, 15) is 12.8 Å². The lowest BCUT2D eigenvalue weighted by Gasteiger charge is -2.34. The van der Waals surface area contributed by atoms with Gasteiger partial charge >= 0.3 is 0 Å². The number of halogens is 1. The van der Waals surface area contributed by atoms with Crippen molar-refractivity contribution in [2.75, 3.05) is 31.1 Å². The van der Waals surface area contributed by atoms with Crippen LogP contribution in [0.4, 0.5) is 10.3 Å². The second kappa shape index (κ2) is 8.67. The predicted molar refractivity (Wildman–Crippen MR) is 111 cm³/mol. The maximum absolute atomic E-state index is 13.0. The van der Waals surface area contributed by atoms with Crippen molar-refractivity contribution in [1.29, 1.82) is 5.26 Å². The summed E-state index contributed by atoms with van der Waals surface area (Å²) in [4.78, 5) is 10.7. The van der Waals surface area contributed by atoms with Crippen LogP contribution in [0.3, 0.4) is 0 Å². The number of benzene rings is 2. The van der Waals surface area contributed by atoms with Gasteiger partial charge in [0.2, 0.25) is 21.9 Å². The fraction of sp³-hybridized carbons (Fsp3) is 0.190. The minimum Gasteiger partial charge on any atom is -0.439 e. The van der Waals surface area contributed by atoms with Crippen LogP contribution < -0.4 is 9.64 Å². The highest BCUT2D eigenvalue weighted by molar-refractivity contribution is 7.89. The monoisotopic (exact) mass is 439 g/mol. The van der Waals surface area contributed by atoms with Crippen LogP contribution in [0, 0.1) is 17.1 Å². The van der Waals surface area contributed by atoms with Crippen molar-refractivity contribution >= 4 is 16.0 Å². The molecule has 0 radical (unpaired) electrons. The van der Waals surface area contributed by atoms with Gasteiger partial charge in [0.25, 0.3) is 0 Å². The van der Waals surface area contributed by atoms with Gasteiger partial charge in [-0.25, -0.2) is 17.8 Å². The number of anilines is 1. The van der Waals surface area contributed by atoms with E-state index in [2.05, 4.69) is 9.97 Å². The molecule has 158 valence electrons. The molecule has 1 aliphatic rings. The Labute approximate surface area is 179 Å². The van der Waals surface area contributed by atoms with Crippen molar-refractivity contribution in [3.05, 3.63) is 72.2 Å². The SMILES string of the molecule is N#Cc1ccc(S(=O)(=O)N2CCN(c3nccc(Oc4ccc(F)cc4)n3)CC2)cc1. The zero-order valence-corrected chi connectivity index (χ0v) is 17.2. The Morgan fingerprint density at radius 2 is 1.65 bits per heavy atom. The lowest BCUT2D eigenvalue weighted by molar-refractivity contribution is 0.381. The van der Waals surface area contributed by atoms with Crippen LogP contribution in [-0.4, -0.2) is 48.9 Å². The average Bonchev–Trinajstić information content (AvgIpc) is 2.81. The maximum Gasteiger partial charge on any atom is 0.243 e. The standard InChI is InChI=1S/C21H18FN5O3S/c22-17-3-5-18(6-4-17)30-20-9-10-24-21(25-20)26-11-13-27(14-12-26)31(28,29)19-7-1-16(15-23)2-8-19/h1-10H,11-14H2. The summed E-state index contributed by atoms with van der Waals surface area (Å²) in [5.74, 6) is 0.827. The Hall–Kier alpha value is -3.55. The van der Waals surface area contributed by atoms with Gasteiger partial charge in [0.1, 0.15) is 11.6 Å². The Morgan fingerprint density at radius 3 is 2.29 bits per heavy atom. The fourth-order valence-electron chi connectivity index (χ4n) is 3.14. The highest BCUT2D eigenvalue weighted by atomic mass is 32.2. The summed E-state index contributed by atoms with van der Waals surface area (Å²) in [6, 6.07) is 15.0. The summed E-state index contributed by atoms with van der Waals surface area (Å²) in [5.41, 5.74) is 0.406. The molecule has 2 heterocycles. The molecule has 1 saturated heterocycles. The molecular weight excluding hydrogens is 421 g/mol. The molecule has 0 spiro atoms. The van der Waals surface area contributed by atoms with Crippen LogP contribution in [0.5, 0.6) is 11.6 Å². The molecule has 1 fully saturated rings. The third kappa shape index (κ3) is 4.63. The maximum atomic E-state index is 13.0. The summed E-state index contributed by atoms with van der Waals surface area (Å²) in [7, 11) is -3.64. The van der Waals surface area contributed by atoms with E-state index in [1.807, 2.05) is 11.0 Å². The highest BCUT2D eigenvalue weighted by Crippen LogP contribution is 2.23. The van der Waals surface area contributed by atoms with Gasteiger partial charge in [-0.3, -0.25) is 0 Å². The second-order valence-electron chi connectivity index (χ2n) is 6.78. The number of piperazine rings is 1. The largest absolute Gasteiger partial charge is 0.439 e. The number of sulfonamides is 1. The van der Waals surface area contributed by atoms with Crippen molar-refractivity contribution in [2.24, 2.45) is 0 Å². The number of ether oxygens (including phenoxy) is 1. The van der Waals surface area contributed by atoms with Gasteiger partial charge in [0, 0.05) is 38.4 Å². The van der Waals surface area contributed by atoms with E-state index in [-0.39, 0.29) is 23.8 Å². The van der Waals surface area contributed by atoms with Crippen LogP contribution in [-0.2, 0) is 10.0 Å². The zero-order chi connectivity index (χ0) is 21.8. The number of hydrogen-bond acceptors (Lipinski definition) is 7. The van der Waals surface area contributed by atoms with Crippen LogP contribution in [0.2, 0.25) is 0 Å². The molecule has 0 saturated carbocycles. The molecule has 10 heteroatoms. The van der Waals surface area contributed by atoms with Crippen molar-refractivity contribution in [3.63, 3.8) is 0 Å². The summed E-state index contributed by atoms with van der Waals surface area (Å²) in [6.45, 7) is 1.37. The first-order valence-corrected chi connectivity index (χ1v) is 10.9. The van der Waals surface area contributed by atoms with Crippen LogP contribution in [0.15, 0.2) is 65.7 Å². The molecule has 1 aromatic heterocycles. The molecule has 8 nitrogen and oxygen atoms in total. The van der Waals surface area contributed by atoms with Crippen LogP contribution >= 0.6 is 0 Å². The molecular formula is C21H18FN5O3S. The van der Waals surface area contributed by atoms with Gasteiger partial charge in [0.05, 0.1) is 16.5 Å². The molecule has 0 N–H and O–H groups in total. The molecule has 0 bridgehead atoms. The Bertz CT molecular complexity index is 1200. The van der Waals surface area contributed by atoms with E-state index in [1.54, 1.807) is 12.3 Å². The van der Waals surface area contributed by atoms with E-state index in [0.29, 0.717) is 36.2 Å². The topological polar surface area (TPSA) is 99.4 Å². The molecule has 1 aliphatic heterocycles. The lowest BCUT2D eigenvalue weighted by atomic mass is 10.2. The lowest BCUT2D eigenvalue weighted by Crippen LogP contribution is -2.49. The van der Waals surface area contributed by atoms with E-state index < -0.39 is 10.0 Å². The highest BCUT2D eigenvalue weighted by Gasteiger charge is 2.29. The molecule has 0 amide bonds. The van der Waals surface area contributed by atoms with E-state index >= 15 is 0 Å². The fourth-order valence-corrected chi connectivity index (χ4v) is 4.57. The third-order valence-electron chi connectivity index (χ3n) is 4.80. The smallest absolute Gasteiger partial charge is 0.243 e. The first-order valence-electron chi connectivity index (χ1n) is 9.47. The number of nitrogens with zero attached hydrogens (tertiary/aromatic N) is 5. The van der Waals surface area contributed by atoms with E-state index in [0.717, 1.165) is 0 Å². The van der Waals surface area contributed by atoms with Crippen molar-refractivity contribution < 1.29 is 17.5 Å². The number of hydrogen-bond donors (Lipinski definition) is 0. The van der Waals surface area contributed by atoms with Gasteiger partial charge in [-0.1, -0.05) is 0 Å². The number of nitriles is 1. The van der Waals surface area contributed by atoms with Gasteiger partial charge in [0.15, 0.2) is 0 Å². The van der Waals surface area contributed by atoms with Crippen molar-refractivity contribution in [2.45, 2.75) is 4.90 Å². The van der Waals surface area contributed by atoms with Gasteiger partial charge in [-0.15, -0.1) is 0 Å². The molecule has 31 heavy (non-hydrogen) atoms. The molecule has 0 unspecified atom stereocenters. The second-order valence-corrected chi connectivity index (χ2v) is 8.72. The van der Waals surface area contributed by atoms with Crippen LogP contribution in [0.25, 0.3) is 0 Å². The minimum atomic E-state index is -3.64. The summed E-state index contributed by atoms with van der Waals surface area (Å²) in [6.07, 6.45) is 1.56. The normalized spacial score (nSPS) is 14.8. The molecule has 0 atom stereocenters. The zero-order valence-electron chi connectivity index (χ0n) is 16.3. The molecule has 0 aliphatic carbocycles. The number of aromatic nitrogens is 2. The Balaban J connectivity index is 1.42. The van der Waals surface area contributed by atoms with Gasteiger partial charge in [-0.05, 0) is 48.5 Å². The number of rotatable bonds is 5. The van der Waals surface area contributed by atoms with Gasteiger partial charge < -0.3 is 9.64 Å². The van der Waals surface area contributed by atoms with E-state index in [1.165, 1.54) is 52.8 Å². The van der Waals surface area contributed by atoms with Crippen LogP contribution in [0.1, 0.15) is 5.56 Å². The van der Waals surface area contributed by atoms with E-state index in [4.69, 9.17) is 10.00 Å². The molecule has 2 aromatic carbocycles. The van der Waals surface area contributed by atoms with Crippen molar-refractivity contribution in [1.82, 2.24) is 14.3 Å². The minimum absolute atomic E-state index is 0.158. The first kappa shape index (κ1) is 20.7. The molecule has 4 rings (SSSR count). The quantitative estimate of drug-likeness (QED) is 0.603. The first-order chi connectivity index (χ1) is 15.0. The summed E-state index contributed by atoms with van der Waals surface area (Å²) in [5, 5.41) is 8.88. The third-order valence-corrected chi connectivity index (χ3v) is 6.71.